The summed E-state index contributed by atoms with van der Waals surface area (Å²) >= 11 is 0. The number of hydrogen-bond acceptors (Lipinski definition) is 5. The fourth-order valence-electron chi connectivity index (χ4n) is 2.58. The van der Waals surface area contributed by atoms with Crippen LogP contribution in [0.5, 0.6) is 11.5 Å². The molecule has 7 heteroatoms. The molecule has 7 nitrogen and oxygen atoms in total. The number of esters is 1. The number of nitrogens with one attached hydrogen (secondary N) is 2. The monoisotopic (exact) mass is 368 g/mol. The van der Waals surface area contributed by atoms with Crippen molar-refractivity contribution in [3.05, 3.63) is 54.6 Å². The van der Waals surface area contributed by atoms with Crippen LogP contribution in [-0.2, 0) is 19.1 Å². The molecule has 2 amide bonds. The van der Waals surface area contributed by atoms with Crippen LogP contribution in [0.15, 0.2) is 54.6 Å². The lowest BCUT2D eigenvalue weighted by molar-refractivity contribution is -0.155. The van der Waals surface area contributed by atoms with E-state index in [1.165, 1.54) is 6.92 Å². The van der Waals surface area contributed by atoms with Crippen molar-refractivity contribution in [3.63, 3.8) is 0 Å². The summed E-state index contributed by atoms with van der Waals surface area (Å²) in [4.78, 5) is 35.3. The molecule has 1 aliphatic rings. The summed E-state index contributed by atoms with van der Waals surface area (Å²) in [6, 6.07) is 15.5. The quantitative estimate of drug-likeness (QED) is 0.765. The first-order valence-electron chi connectivity index (χ1n) is 8.65. The lowest BCUT2D eigenvalue weighted by atomic mass is 10.2. The highest BCUT2D eigenvalue weighted by Gasteiger charge is 2.30. The molecular weight excluding hydrogens is 348 g/mol. The van der Waals surface area contributed by atoms with Crippen molar-refractivity contribution in [1.82, 2.24) is 5.32 Å². The first kappa shape index (κ1) is 18.4. The van der Waals surface area contributed by atoms with E-state index in [2.05, 4.69) is 10.6 Å². The molecule has 27 heavy (non-hydrogen) atoms. The molecular formula is C20H20N2O5. The van der Waals surface area contributed by atoms with Crippen molar-refractivity contribution in [3.8, 4) is 11.5 Å². The molecule has 1 aliphatic heterocycles. The first-order chi connectivity index (χ1) is 13.0. The van der Waals surface area contributed by atoms with Gasteiger partial charge in [-0.25, -0.2) is 4.79 Å². The van der Waals surface area contributed by atoms with E-state index in [0.717, 1.165) is 0 Å². The lowest BCUT2D eigenvalue weighted by Gasteiger charge is -2.16. The Balaban J connectivity index is 1.51. The summed E-state index contributed by atoms with van der Waals surface area (Å²) in [6.07, 6.45) is -0.303. The van der Waals surface area contributed by atoms with Gasteiger partial charge in [0.1, 0.15) is 17.5 Å². The van der Waals surface area contributed by atoms with Gasteiger partial charge in [-0.15, -0.1) is 0 Å². The second kappa shape index (κ2) is 8.35. The van der Waals surface area contributed by atoms with Gasteiger partial charge in [-0.1, -0.05) is 18.2 Å². The fourth-order valence-corrected chi connectivity index (χ4v) is 2.58. The number of rotatable bonds is 6. The van der Waals surface area contributed by atoms with Crippen molar-refractivity contribution in [1.29, 1.82) is 0 Å². The third kappa shape index (κ3) is 5.07. The lowest BCUT2D eigenvalue weighted by Crippen LogP contribution is -2.39. The fraction of sp³-hybridized carbons (Fsp3) is 0.250. The van der Waals surface area contributed by atoms with E-state index in [4.69, 9.17) is 9.47 Å². The second-order valence-electron chi connectivity index (χ2n) is 6.17. The van der Waals surface area contributed by atoms with Crippen molar-refractivity contribution in [2.45, 2.75) is 31.9 Å². The van der Waals surface area contributed by atoms with Crippen molar-refractivity contribution in [2.24, 2.45) is 0 Å². The van der Waals surface area contributed by atoms with Crippen molar-refractivity contribution >= 4 is 23.5 Å². The van der Waals surface area contributed by atoms with Gasteiger partial charge in [-0.05, 0) is 49.7 Å². The molecule has 0 saturated carbocycles. The number of carbonyl (C=O) groups is 3. The number of ether oxygens (including phenoxy) is 2. The highest BCUT2D eigenvalue weighted by atomic mass is 16.5. The Bertz CT molecular complexity index is 820. The van der Waals surface area contributed by atoms with Crippen LogP contribution in [0.2, 0.25) is 0 Å². The minimum Gasteiger partial charge on any atom is -0.457 e. The van der Waals surface area contributed by atoms with Crippen LogP contribution in [0.1, 0.15) is 19.8 Å². The SMILES string of the molecule is C[C@H](OC(=O)[C@@H]1CCC(=O)N1)C(=O)Nc1ccc(Oc2ccccc2)cc1. The molecule has 1 heterocycles. The van der Waals surface area contributed by atoms with E-state index in [0.29, 0.717) is 23.6 Å². The molecule has 0 bridgehead atoms. The van der Waals surface area contributed by atoms with Crippen LogP contribution in [0.4, 0.5) is 5.69 Å². The molecule has 0 radical (unpaired) electrons. The van der Waals surface area contributed by atoms with Crippen LogP contribution in [0.25, 0.3) is 0 Å². The maximum Gasteiger partial charge on any atom is 0.329 e. The molecule has 3 rings (SSSR count). The molecule has 0 unspecified atom stereocenters. The molecule has 2 atom stereocenters. The molecule has 2 aromatic rings. The van der Waals surface area contributed by atoms with Crippen LogP contribution >= 0.6 is 0 Å². The number of para-hydroxylation sites is 1. The van der Waals surface area contributed by atoms with Gasteiger partial charge < -0.3 is 20.1 Å². The van der Waals surface area contributed by atoms with Crippen LogP contribution in [-0.4, -0.2) is 29.9 Å². The molecule has 0 aromatic heterocycles. The third-order valence-electron chi connectivity index (χ3n) is 4.04. The van der Waals surface area contributed by atoms with Gasteiger partial charge in [-0.3, -0.25) is 9.59 Å². The van der Waals surface area contributed by atoms with Crippen molar-refractivity contribution in [2.75, 3.05) is 5.32 Å². The van der Waals surface area contributed by atoms with Gasteiger partial charge in [0, 0.05) is 12.1 Å². The average molecular weight is 368 g/mol. The van der Waals surface area contributed by atoms with Crippen molar-refractivity contribution < 1.29 is 23.9 Å². The van der Waals surface area contributed by atoms with Gasteiger partial charge in [0.2, 0.25) is 5.91 Å². The van der Waals surface area contributed by atoms with Crippen LogP contribution in [0.3, 0.4) is 0 Å². The first-order valence-corrected chi connectivity index (χ1v) is 8.65. The minimum absolute atomic E-state index is 0.188. The zero-order valence-electron chi connectivity index (χ0n) is 14.8. The number of carbonyl (C=O) groups excluding carboxylic acids is 3. The smallest absolute Gasteiger partial charge is 0.329 e. The average Bonchev–Trinajstić information content (AvgIpc) is 3.10. The Morgan fingerprint density at radius 3 is 2.37 bits per heavy atom. The summed E-state index contributed by atoms with van der Waals surface area (Å²) < 4.78 is 10.8. The molecule has 0 spiro atoms. The predicted molar refractivity (Wildman–Crippen MR) is 98.3 cm³/mol. The van der Waals surface area contributed by atoms with E-state index >= 15 is 0 Å². The second-order valence-corrected chi connectivity index (χ2v) is 6.17. The summed E-state index contributed by atoms with van der Waals surface area (Å²) in [7, 11) is 0. The molecule has 1 saturated heterocycles. The topological polar surface area (TPSA) is 93.7 Å². The molecule has 2 aromatic carbocycles. The van der Waals surface area contributed by atoms with Gasteiger partial charge in [0.05, 0.1) is 0 Å². The summed E-state index contributed by atoms with van der Waals surface area (Å²) in [6.45, 7) is 1.48. The zero-order valence-corrected chi connectivity index (χ0v) is 14.8. The standard InChI is InChI=1S/C20H20N2O5/c1-13(26-20(25)17-11-12-18(23)22-17)19(24)21-14-7-9-16(10-8-14)27-15-5-3-2-4-6-15/h2-10,13,17H,11-12H2,1H3,(H,21,24)(H,22,23)/t13-,17-/m0/s1. The third-order valence-corrected chi connectivity index (χ3v) is 4.04. The minimum atomic E-state index is -0.977. The highest BCUT2D eigenvalue weighted by Crippen LogP contribution is 2.22. The number of hydrogen-bond donors (Lipinski definition) is 2. The van der Waals surface area contributed by atoms with E-state index in [9.17, 15) is 14.4 Å². The van der Waals surface area contributed by atoms with Crippen LogP contribution < -0.4 is 15.4 Å². The molecule has 140 valence electrons. The maximum absolute atomic E-state index is 12.2. The molecule has 2 N–H and O–H groups in total. The Hall–Kier alpha value is -3.35. The van der Waals surface area contributed by atoms with Gasteiger partial charge >= 0.3 is 5.97 Å². The normalized spacial score (nSPS) is 16.9. The number of benzene rings is 2. The zero-order chi connectivity index (χ0) is 19.2. The molecule has 1 fully saturated rings. The van der Waals surface area contributed by atoms with Gasteiger partial charge in [-0.2, -0.15) is 0 Å². The summed E-state index contributed by atoms with van der Waals surface area (Å²) in [5.74, 6) is 0.107. The Morgan fingerprint density at radius 2 is 1.74 bits per heavy atom. The van der Waals surface area contributed by atoms with Gasteiger partial charge in [0.25, 0.3) is 5.91 Å². The maximum atomic E-state index is 12.2. The predicted octanol–water partition coefficient (Wildman–Crippen LogP) is 2.63. The largest absolute Gasteiger partial charge is 0.457 e. The Labute approximate surface area is 156 Å². The Kier molecular flexibility index (Phi) is 5.71. The number of anilines is 1. The summed E-state index contributed by atoms with van der Waals surface area (Å²) in [5.41, 5.74) is 0.553. The van der Waals surface area contributed by atoms with E-state index in [1.807, 2.05) is 30.3 Å². The molecule has 0 aliphatic carbocycles. The number of amides is 2. The van der Waals surface area contributed by atoms with Crippen LogP contribution in [0, 0.1) is 0 Å². The van der Waals surface area contributed by atoms with E-state index < -0.39 is 24.0 Å². The summed E-state index contributed by atoms with van der Waals surface area (Å²) in [5, 5.41) is 5.19. The van der Waals surface area contributed by atoms with Gasteiger partial charge in [0.15, 0.2) is 6.10 Å². The van der Waals surface area contributed by atoms with E-state index in [1.54, 1.807) is 24.3 Å². The highest BCUT2D eigenvalue weighted by molar-refractivity contribution is 5.96. The van der Waals surface area contributed by atoms with E-state index in [-0.39, 0.29) is 12.3 Å². The Morgan fingerprint density at radius 1 is 1.07 bits per heavy atom.